The number of carboxylic acid groups (broad SMARTS) is 1. The molecule has 0 spiro atoms. The van der Waals surface area contributed by atoms with Crippen molar-refractivity contribution < 1.29 is 18.7 Å². The van der Waals surface area contributed by atoms with Gasteiger partial charge in [-0.05, 0) is 69.2 Å². The fourth-order valence-electron chi connectivity index (χ4n) is 8.17. The van der Waals surface area contributed by atoms with Gasteiger partial charge in [0.25, 0.3) is 0 Å². The summed E-state index contributed by atoms with van der Waals surface area (Å²) in [7, 11) is 0. The van der Waals surface area contributed by atoms with Gasteiger partial charge < -0.3 is 10.0 Å². The largest absolute Gasteiger partial charge is 0.480 e. The molecule has 0 amide bonds. The van der Waals surface area contributed by atoms with Crippen LogP contribution in [0, 0.1) is 11.8 Å². The van der Waals surface area contributed by atoms with Gasteiger partial charge in [-0.15, -0.1) is 0 Å². The van der Waals surface area contributed by atoms with Gasteiger partial charge in [0.1, 0.15) is 11.7 Å². The first-order valence-corrected chi connectivity index (χ1v) is 16.6. The van der Waals surface area contributed by atoms with Crippen LogP contribution in [-0.2, 0) is 17.3 Å². The molecule has 0 radical (unpaired) electrons. The Bertz CT molecular complexity index is 1370. The first kappa shape index (κ1) is 30.9. The van der Waals surface area contributed by atoms with Crippen LogP contribution in [0.2, 0.25) is 0 Å². The molecule has 1 saturated carbocycles. The molecule has 3 fully saturated rings. The van der Waals surface area contributed by atoms with Crippen LogP contribution in [0.3, 0.4) is 0 Å². The van der Waals surface area contributed by atoms with Crippen molar-refractivity contribution in [2.75, 3.05) is 32.7 Å². The van der Waals surface area contributed by atoms with E-state index in [1.54, 1.807) is 24.3 Å². The number of aryl methyl sites for hydroxylation is 1. The van der Waals surface area contributed by atoms with E-state index in [9.17, 15) is 9.90 Å². The SMILES string of the molecule is CCn1nc(C2CCN(C[C@H]3CN([C@@H](C(=O)O)C4CCCCC4)C[C@@H]3c3ccccc3)CC2)cc1C(F)(F)c1ccccc1. The number of rotatable bonds is 10. The van der Waals surface area contributed by atoms with Crippen molar-refractivity contribution in [3.05, 3.63) is 89.2 Å². The molecule has 6 rings (SSSR count). The van der Waals surface area contributed by atoms with Crippen molar-refractivity contribution in [3.63, 3.8) is 0 Å². The second-order valence-electron chi connectivity index (χ2n) is 13.2. The number of hydrogen-bond donors (Lipinski definition) is 1. The highest BCUT2D eigenvalue weighted by atomic mass is 19.3. The summed E-state index contributed by atoms with van der Waals surface area (Å²) in [5, 5.41) is 15.0. The minimum absolute atomic E-state index is 0.0110. The second-order valence-corrected chi connectivity index (χ2v) is 13.2. The zero-order valence-corrected chi connectivity index (χ0v) is 25.8. The van der Waals surface area contributed by atoms with E-state index in [2.05, 4.69) is 39.2 Å². The smallest absolute Gasteiger partial charge is 0.321 e. The molecular formula is C36H46F2N4O2. The number of benzene rings is 2. The number of nitrogens with zero attached hydrogens (tertiary/aromatic N) is 4. The molecule has 2 saturated heterocycles. The third-order valence-electron chi connectivity index (χ3n) is 10.5. The van der Waals surface area contributed by atoms with Crippen LogP contribution in [-0.4, -0.2) is 69.4 Å². The van der Waals surface area contributed by atoms with E-state index in [1.165, 1.54) is 28.8 Å². The molecule has 0 bridgehead atoms. The Morgan fingerprint density at radius 2 is 1.61 bits per heavy atom. The number of halogens is 2. The summed E-state index contributed by atoms with van der Waals surface area (Å²) in [6.07, 6.45) is 7.24. The van der Waals surface area contributed by atoms with E-state index in [0.717, 1.165) is 76.9 Å². The number of hydrogen-bond acceptors (Lipinski definition) is 4. The summed E-state index contributed by atoms with van der Waals surface area (Å²) in [5.74, 6) is -2.76. The van der Waals surface area contributed by atoms with Crippen molar-refractivity contribution in [2.45, 2.75) is 82.2 Å². The second kappa shape index (κ2) is 13.5. The van der Waals surface area contributed by atoms with E-state index in [0.29, 0.717) is 18.4 Å². The van der Waals surface area contributed by atoms with Crippen LogP contribution in [0.1, 0.15) is 86.2 Å². The Hall–Kier alpha value is -3.10. The van der Waals surface area contributed by atoms with E-state index < -0.39 is 17.9 Å². The highest BCUT2D eigenvalue weighted by Gasteiger charge is 2.44. The quantitative estimate of drug-likeness (QED) is 0.271. The van der Waals surface area contributed by atoms with E-state index in [-0.39, 0.29) is 23.1 Å². The lowest BCUT2D eigenvalue weighted by Gasteiger charge is -2.35. The summed E-state index contributed by atoms with van der Waals surface area (Å²) < 4.78 is 32.5. The molecule has 6 nitrogen and oxygen atoms in total. The number of carboxylic acids is 1. The zero-order chi connectivity index (χ0) is 30.7. The van der Waals surface area contributed by atoms with Crippen molar-refractivity contribution in [2.24, 2.45) is 11.8 Å². The zero-order valence-electron chi connectivity index (χ0n) is 25.8. The lowest BCUT2D eigenvalue weighted by atomic mass is 9.83. The molecule has 3 atom stereocenters. The topological polar surface area (TPSA) is 61.6 Å². The van der Waals surface area contributed by atoms with Crippen molar-refractivity contribution >= 4 is 5.97 Å². The number of alkyl halides is 2. The maximum absolute atomic E-state index is 15.5. The van der Waals surface area contributed by atoms with Gasteiger partial charge in [-0.1, -0.05) is 79.9 Å². The minimum atomic E-state index is -3.10. The predicted molar refractivity (Wildman–Crippen MR) is 168 cm³/mol. The maximum atomic E-state index is 15.5. The van der Waals surface area contributed by atoms with Crippen LogP contribution in [0.4, 0.5) is 8.78 Å². The normalized spacial score (nSPS) is 23.6. The molecule has 236 valence electrons. The molecule has 3 aromatic rings. The molecule has 2 aromatic carbocycles. The van der Waals surface area contributed by atoms with Crippen LogP contribution >= 0.6 is 0 Å². The monoisotopic (exact) mass is 604 g/mol. The van der Waals surface area contributed by atoms with E-state index in [1.807, 2.05) is 13.0 Å². The Morgan fingerprint density at radius 1 is 0.955 bits per heavy atom. The van der Waals surface area contributed by atoms with E-state index >= 15 is 8.78 Å². The van der Waals surface area contributed by atoms with Gasteiger partial charge in [0.15, 0.2) is 0 Å². The predicted octanol–water partition coefficient (Wildman–Crippen LogP) is 6.97. The van der Waals surface area contributed by atoms with Crippen LogP contribution in [0.5, 0.6) is 0 Å². The molecule has 1 aliphatic carbocycles. The number of piperidine rings is 1. The highest BCUT2D eigenvalue weighted by Crippen LogP contribution is 2.40. The first-order valence-electron chi connectivity index (χ1n) is 16.6. The minimum Gasteiger partial charge on any atom is -0.480 e. The molecule has 1 N–H and O–H groups in total. The Morgan fingerprint density at radius 3 is 2.25 bits per heavy atom. The van der Waals surface area contributed by atoms with E-state index in [4.69, 9.17) is 0 Å². The van der Waals surface area contributed by atoms with Gasteiger partial charge in [-0.2, -0.15) is 13.9 Å². The summed E-state index contributed by atoms with van der Waals surface area (Å²) in [6, 6.07) is 19.8. The van der Waals surface area contributed by atoms with Gasteiger partial charge in [0.2, 0.25) is 0 Å². The number of carbonyl (C=O) groups is 1. The molecule has 0 unspecified atom stereocenters. The molecular weight excluding hydrogens is 558 g/mol. The third-order valence-corrected chi connectivity index (χ3v) is 10.5. The average molecular weight is 605 g/mol. The van der Waals surface area contributed by atoms with Gasteiger partial charge in [0, 0.05) is 43.6 Å². The lowest BCUT2D eigenvalue weighted by Crippen LogP contribution is -2.46. The lowest BCUT2D eigenvalue weighted by molar-refractivity contribution is -0.145. The van der Waals surface area contributed by atoms with Crippen molar-refractivity contribution in [3.8, 4) is 0 Å². The molecule has 8 heteroatoms. The fraction of sp³-hybridized carbons (Fsp3) is 0.556. The maximum Gasteiger partial charge on any atom is 0.321 e. The third kappa shape index (κ3) is 6.47. The number of aliphatic carboxylic acids is 1. The molecule has 3 aliphatic rings. The molecule has 3 heterocycles. The summed E-state index contributed by atoms with van der Waals surface area (Å²) >= 11 is 0. The standard InChI is InChI=1S/C36H46F2N4O2/c1-2-42-33(36(37,38)30-16-10-5-11-17-30)22-32(39-42)27-18-20-40(21-19-27)23-29-24-41(25-31(29)26-12-6-3-7-13-26)34(35(43)44)28-14-8-4-9-15-28/h3,5-7,10-13,16-17,22,27-29,31,34H,2,4,8-9,14-15,18-21,23-25H2,1H3,(H,43,44)/t29-,31+,34+/m0/s1. The number of aromatic nitrogens is 2. The Balaban J connectivity index is 1.14. The van der Waals surface area contributed by atoms with Gasteiger partial charge in [-0.25, -0.2) is 0 Å². The van der Waals surface area contributed by atoms with Gasteiger partial charge in [-0.3, -0.25) is 14.4 Å². The number of likely N-dealkylation sites (tertiary alicyclic amines) is 2. The van der Waals surface area contributed by atoms with Gasteiger partial charge in [0.05, 0.1) is 5.69 Å². The highest BCUT2D eigenvalue weighted by molar-refractivity contribution is 5.74. The van der Waals surface area contributed by atoms with Gasteiger partial charge >= 0.3 is 11.9 Å². The molecule has 1 aromatic heterocycles. The summed E-state index contributed by atoms with van der Waals surface area (Å²) in [5.41, 5.74) is 2.01. The fourth-order valence-corrected chi connectivity index (χ4v) is 8.17. The summed E-state index contributed by atoms with van der Waals surface area (Å²) in [4.78, 5) is 17.4. The van der Waals surface area contributed by atoms with Crippen LogP contribution < -0.4 is 0 Å². The molecule has 2 aliphatic heterocycles. The Labute approximate surface area is 260 Å². The molecule has 44 heavy (non-hydrogen) atoms. The van der Waals surface area contributed by atoms with Crippen LogP contribution in [0.15, 0.2) is 66.7 Å². The van der Waals surface area contributed by atoms with Crippen molar-refractivity contribution in [1.29, 1.82) is 0 Å². The average Bonchev–Trinajstić information content (AvgIpc) is 3.68. The first-order chi connectivity index (χ1) is 21.3. The summed E-state index contributed by atoms with van der Waals surface area (Å²) in [6.45, 7) is 6.53. The Kier molecular flexibility index (Phi) is 9.48. The van der Waals surface area contributed by atoms with Crippen LogP contribution in [0.25, 0.3) is 0 Å². The van der Waals surface area contributed by atoms with Crippen molar-refractivity contribution in [1.82, 2.24) is 19.6 Å².